The zero-order valence-corrected chi connectivity index (χ0v) is 13.1. The van der Waals surface area contributed by atoms with Crippen LogP contribution in [0.1, 0.15) is 27.4 Å². The van der Waals surface area contributed by atoms with Crippen molar-refractivity contribution in [1.82, 2.24) is 20.1 Å². The molecule has 2 aromatic rings. The zero-order valence-electron chi connectivity index (χ0n) is 13.1. The molecular formula is C15H15F5N4O. The van der Waals surface area contributed by atoms with Crippen LogP contribution in [0.3, 0.4) is 0 Å². The highest BCUT2D eigenvalue weighted by atomic mass is 19.4. The Bertz CT molecular complexity index is 742. The maximum atomic E-state index is 12.6. The van der Waals surface area contributed by atoms with Crippen LogP contribution in [0, 0.1) is 6.92 Å². The fourth-order valence-corrected chi connectivity index (χ4v) is 2.15. The second-order valence-corrected chi connectivity index (χ2v) is 5.26. The summed E-state index contributed by atoms with van der Waals surface area (Å²) in [6, 6.07) is 3.53. The molecule has 0 spiro atoms. The van der Waals surface area contributed by atoms with Gasteiger partial charge < -0.3 is 5.32 Å². The summed E-state index contributed by atoms with van der Waals surface area (Å²) in [7, 11) is 0. The van der Waals surface area contributed by atoms with E-state index >= 15 is 0 Å². The Hall–Kier alpha value is -2.52. The highest BCUT2D eigenvalue weighted by molar-refractivity contribution is 5.94. The number of amides is 1. The quantitative estimate of drug-likeness (QED) is 0.804. The van der Waals surface area contributed by atoms with Crippen LogP contribution in [0.5, 0.6) is 0 Å². The summed E-state index contributed by atoms with van der Waals surface area (Å²) in [6.07, 6.45) is -5.82. The number of nitrogens with one attached hydrogen (secondary N) is 1. The molecule has 2 aromatic heterocycles. The van der Waals surface area contributed by atoms with E-state index < -0.39 is 30.7 Å². The zero-order chi connectivity index (χ0) is 18.6. The van der Waals surface area contributed by atoms with Crippen molar-refractivity contribution in [3.8, 4) is 0 Å². The van der Waals surface area contributed by atoms with E-state index in [0.717, 1.165) is 10.7 Å². The third-order valence-electron chi connectivity index (χ3n) is 3.28. The van der Waals surface area contributed by atoms with Crippen LogP contribution in [0.2, 0.25) is 0 Å². The predicted molar refractivity (Wildman–Crippen MR) is 78.2 cm³/mol. The lowest BCUT2D eigenvalue weighted by atomic mass is 10.2. The van der Waals surface area contributed by atoms with Crippen molar-refractivity contribution in [3.05, 3.63) is 47.0 Å². The van der Waals surface area contributed by atoms with Crippen LogP contribution in [-0.4, -0.2) is 33.6 Å². The van der Waals surface area contributed by atoms with E-state index in [1.807, 2.05) is 0 Å². The standard InChI is InChI=1S/C15H15F5N4O/c1-9-11(7-24(23-9)8-13(16)17)14(25)21-6-5-10-3-2-4-12(22-10)15(18,19)20/h2-4,7,13H,5-6,8H2,1H3,(H,21,25). The van der Waals surface area contributed by atoms with Gasteiger partial charge in [-0.15, -0.1) is 0 Å². The van der Waals surface area contributed by atoms with Gasteiger partial charge in [0, 0.05) is 24.9 Å². The molecule has 25 heavy (non-hydrogen) atoms. The molecule has 0 aliphatic heterocycles. The number of hydrogen-bond acceptors (Lipinski definition) is 3. The molecule has 0 fully saturated rings. The van der Waals surface area contributed by atoms with Gasteiger partial charge in [0.1, 0.15) is 12.2 Å². The molecule has 0 saturated heterocycles. The highest BCUT2D eigenvalue weighted by Crippen LogP contribution is 2.27. The molecule has 0 unspecified atom stereocenters. The van der Waals surface area contributed by atoms with Crippen LogP contribution in [0.25, 0.3) is 0 Å². The molecule has 0 aromatic carbocycles. The highest BCUT2D eigenvalue weighted by Gasteiger charge is 2.32. The number of alkyl halides is 5. The molecule has 2 rings (SSSR count). The van der Waals surface area contributed by atoms with Crippen molar-refractivity contribution >= 4 is 5.91 Å². The molecule has 0 saturated carbocycles. The van der Waals surface area contributed by atoms with E-state index in [9.17, 15) is 26.7 Å². The first-order valence-corrected chi connectivity index (χ1v) is 7.30. The topological polar surface area (TPSA) is 59.8 Å². The molecule has 136 valence electrons. The Morgan fingerprint density at radius 1 is 1.32 bits per heavy atom. The van der Waals surface area contributed by atoms with Gasteiger partial charge in [0.2, 0.25) is 0 Å². The Kier molecular flexibility index (Phi) is 5.70. The summed E-state index contributed by atoms with van der Waals surface area (Å²) in [6.45, 7) is 0.931. The van der Waals surface area contributed by atoms with Crippen LogP contribution in [-0.2, 0) is 19.1 Å². The van der Waals surface area contributed by atoms with Crippen LogP contribution in [0.15, 0.2) is 24.4 Å². The van der Waals surface area contributed by atoms with E-state index in [2.05, 4.69) is 15.4 Å². The molecule has 2 heterocycles. The smallest absolute Gasteiger partial charge is 0.352 e. The number of nitrogens with zero attached hydrogens (tertiary/aromatic N) is 3. The SMILES string of the molecule is Cc1nn(CC(F)F)cc1C(=O)NCCc1cccc(C(F)(F)F)n1. The average Bonchev–Trinajstić information content (AvgIpc) is 2.86. The summed E-state index contributed by atoms with van der Waals surface area (Å²) in [4.78, 5) is 15.5. The second kappa shape index (κ2) is 7.58. The maximum absolute atomic E-state index is 12.6. The summed E-state index contributed by atoms with van der Waals surface area (Å²) in [5.74, 6) is -0.537. The van der Waals surface area contributed by atoms with E-state index in [1.165, 1.54) is 25.3 Å². The molecule has 1 amide bonds. The molecule has 0 bridgehead atoms. The van der Waals surface area contributed by atoms with Crippen molar-refractivity contribution in [2.45, 2.75) is 32.5 Å². The number of carbonyl (C=O) groups excluding carboxylic acids is 1. The van der Waals surface area contributed by atoms with Gasteiger partial charge in [-0.25, -0.2) is 13.8 Å². The van der Waals surface area contributed by atoms with Gasteiger partial charge in [-0.1, -0.05) is 6.07 Å². The van der Waals surface area contributed by atoms with Crippen LogP contribution < -0.4 is 5.32 Å². The van der Waals surface area contributed by atoms with Gasteiger partial charge >= 0.3 is 6.18 Å². The summed E-state index contributed by atoms with van der Waals surface area (Å²) < 4.78 is 63.4. The van der Waals surface area contributed by atoms with Crippen molar-refractivity contribution in [2.75, 3.05) is 6.54 Å². The van der Waals surface area contributed by atoms with Gasteiger partial charge in [0.05, 0.1) is 11.3 Å². The maximum Gasteiger partial charge on any atom is 0.433 e. The normalized spacial score (nSPS) is 11.8. The Morgan fingerprint density at radius 2 is 2.04 bits per heavy atom. The monoisotopic (exact) mass is 362 g/mol. The lowest BCUT2D eigenvalue weighted by Crippen LogP contribution is -2.26. The largest absolute Gasteiger partial charge is 0.433 e. The van der Waals surface area contributed by atoms with Crippen LogP contribution >= 0.6 is 0 Å². The first-order valence-electron chi connectivity index (χ1n) is 7.30. The average molecular weight is 362 g/mol. The van der Waals surface area contributed by atoms with E-state index in [-0.39, 0.29) is 29.9 Å². The van der Waals surface area contributed by atoms with Gasteiger partial charge in [-0.2, -0.15) is 18.3 Å². The van der Waals surface area contributed by atoms with Gasteiger partial charge in [0.25, 0.3) is 12.3 Å². The summed E-state index contributed by atoms with van der Waals surface area (Å²) >= 11 is 0. The number of carbonyl (C=O) groups is 1. The number of pyridine rings is 1. The fourth-order valence-electron chi connectivity index (χ4n) is 2.15. The first-order chi connectivity index (χ1) is 11.7. The number of aryl methyl sites for hydroxylation is 1. The molecule has 1 N–H and O–H groups in total. The van der Waals surface area contributed by atoms with Crippen molar-refractivity contribution in [1.29, 1.82) is 0 Å². The van der Waals surface area contributed by atoms with Gasteiger partial charge in [-0.05, 0) is 19.1 Å². The minimum absolute atomic E-state index is 0.0482. The molecule has 0 radical (unpaired) electrons. The molecule has 0 aliphatic rings. The number of aromatic nitrogens is 3. The van der Waals surface area contributed by atoms with E-state index in [0.29, 0.717) is 0 Å². The molecule has 0 aliphatic carbocycles. The predicted octanol–water partition coefficient (Wildman–Crippen LogP) is 2.84. The first kappa shape index (κ1) is 18.8. The minimum Gasteiger partial charge on any atom is -0.352 e. The minimum atomic E-state index is -4.53. The Balaban J connectivity index is 1.94. The van der Waals surface area contributed by atoms with Gasteiger partial charge in [-0.3, -0.25) is 9.48 Å². The van der Waals surface area contributed by atoms with E-state index in [4.69, 9.17) is 0 Å². The lowest BCUT2D eigenvalue weighted by Gasteiger charge is -2.08. The number of rotatable bonds is 6. The van der Waals surface area contributed by atoms with E-state index in [1.54, 1.807) is 0 Å². The summed E-state index contributed by atoms with van der Waals surface area (Å²) in [5.41, 5.74) is -0.395. The van der Waals surface area contributed by atoms with Crippen LogP contribution in [0.4, 0.5) is 22.0 Å². The third-order valence-corrected chi connectivity index (χ3v) is 3.28. The molecular weight excluding hydrogens is 347 g/mol. The van der Waals surface area contributed by atoms with Gasteiger partial charge in [0.15, 0.2) is 0 Å². The number of halogens is 5. The second-order valence-electron chi connectivity index (χ2n) is 5.26. The van der Waals surface area contributed by atoms with Crippen molar-refractivity contribution in [3.63, 3.8) is 0 Å². The lowest BCUT2D eigenvalue weighted by molar-refractivity contribution is -0.141. The molecule has 10 heteroatoms. The Morgan fingerprint density at radius 3 is 2.68 bits per heavy atom. The fraction of sp³-hybridized carbons (Fsp3) is 0.400. The molecule has 5 nitrogen and oxygen atoms in total. The Labute approximate surface area is 139 Å². The molecule has 0 atom stereocenters. The number of hydrogen-bond donors (Lipinski definition) is 1. The van der Waals surface area contributed by atoms with Crippen molar-refractivity contribution < 1.29 is 26.7 Å². The third kappa shape index (κ3) is 5.23. The van der Waals surface area contributed by atoms with Crippen molar-refractivity contribution in [2.24, 2.45) is 0 Å². The summed E-state index contributed by atoms with van der Waals surface area (Å²) in [5, 5.41) is 6.33.